The first-order valence-electron chi connectivity index (χ1n) is 9.87. The number of ether oxygens (including phenoxy) is 1. The standard InChI is InChI=1S/C21H32N2O3/c1-3-5-7-8-9-10-13-23-18-15-16(22)11-12-17(18)20(19(24)21(23)25)26-14-6-4-2/h11-12,15,24H,3-10,13-14,22H2,1-2H3. The van der Waals surface area contributed by atoms with Crippen LogP contribution in [0.15, 0.2) is 23.0 Å². The third kappa shape index (κ3) is 4.93. The smallest absolute Gasteiger partial charge is 0.297 e. The summed E-state index contributed by atoms with van der Waals surface area (Å²) in [5.74, 6) is -0.0259. The molecule has 1 aromatic heterocycles. The van der Waals surface area contributed by atoms with Crippen molar-refractivity contribution in [2.24, 2.45) is 0 Å². The number of unbranched alkanes of at least 4 members (excludes halogenated alkanes) is 6. The van der Waals surface area contributed by atoms with E-state index in [4.69, 9.17) is 10.5 Å². The van der Waals surface area contributed by atoms with Crippen molar-refractivity contribution in [2.45, 2.75) is 71.8 Å². The van der Waals surface area contributed by atoms with Gasteiger partial charge in [-0.25, -0.2) is 0 Å². The van der Waals surface area contributed by atoms with E-state index in [0.717, 1.165) is 36.6 Å². The average molecular weight is 360 g/mol. The Balaban J connectivity index is 2.28. The number of aryl methyl sites for hydroxylation is 1. The van der Waals surface area contributed by atoms with Crippen LogP contribution in [0, 0.1) is 0 Å². The van der Waals surface area contributed by atoms with Gasteiger partial charge in [-0.2, -0.15) is 0 Å². The van der Waals surface area contributed by atoms with Gasteiger partial charge in [0.05, 0.1) is 12.1 Å². The molecule has 3 N–H and O–H groups in total. The summed E-state index contributed by atoms with van der Waals surface area (Å²) in [6.07, 6.45) is 8.72. The molecule has 26 heavy (non-hydrogen) atoms. The number of hydrogen-bond acceptors (Lipinski definition) is 4. The Kier molecular flexibility index (Phi) is 7.82. The van der Waals surface area contributed by atoms with Crippen LogP contribution in [0.1, 0.15) is 65.2 Å². The number of nitrogen functional groups attached to an aromatic ring is 1. The van der Waals surface area contributed by atoms with Crippen LogP contribution in [0.25, 0.3) is 10.9 Å². The van der Waals surface area contributed by atoms with Crippen LogP contribution in [0.5, 0.6) is 11.5 Å². The molecule has 0 aliphatic heterocycles. The molecule has 0 saturated heterocycles. The molecule has 0 radical (unpaired) electrons. The number of rotatable bonds is 11. The van der Waals surface area contributed by atoms with Gasteiger partial charge in [0.2, 0.25) is 5.75 Å². The molecule has 0 amide bonds. The van der Waals surface area contributed by atoms with Gasteiger partial charge in [-0.1, -0.05) is 52.4 Å². The van der Waals surface area contributed by atoms with Crippen molar-refractivity contribution in [1.29, 1.82) is 0 Å². The predicted octanol–water partition coefficient (Wildman–Crippen LogP) is 4.83. The maximum absolute atomic E-state index is 12.7. The van der Waals surface area contributed by atoms with Gasteiger partial charge in [-0.15, -0.1) is 0 Å². The quantitative estimate of drug-likeness (QED) is 0.444. The summed E-state index contributed by atoms with van der Waals surface area (Å²) in [5, 5.41) is 11.2. The fourth-order valence-electron chi connectivity index (χ4n) is 3.16. The SMILES string of the molecule is CCCCCCCCn1c(=O)c(O)c(OCCCC)c2ccc(N)cc21. The van der Waals surface area contributed by atoms with Crippen molar-refractivity contribution in [1.82, 2.24) is 4.57 Å². The first-order chi connectivity index (χ1) is 12.6. The Morgan fingerprint density at radius 1 is 1.04 bits per heavy atom. The number of nitrogens with zero attached hydrogens (tertiary/aromatic N) is 1. The molecule has 0 saturated carbocycles. The van der Waals surface area contributed by atoms with Crippen molar-refractivity contribution in [3.8, 4) is 11.5 Å². The zero-order valence-electron chi connectivity index (χ0n) is 16.1. The monoisotopic (exact) mass is 360 g/mol. The van der Waals surface area contributed by atoms with Crippen LogP contribution >= 0.6 is 0 Å². The van der Waals surface area contributed by atoms with Crippen LogP contribution in [0.3, 0.4) is 0 Å². The molecule has 0 bridgehead atoms. The van der Waals surface area contributed by atoms with Crippen molar-refractivity contribution < 1.29 is 9.84 Å². The third-order valence-corrected chi connectivity index (χ3v) is 4.70. The molecule has 1 heterocycles. The number of fused-ring (bicyclic) bond motifs is 1. The molecule has 5 heteroatoms. The molecule has 0 atom stereocenters. The van der Waals surface area contributed by atoms with Gasteiger partial charge in [0.1, 0.15) is 0 Å². The van der Waals surface area contributed by atoms with E-state index < -0.39 is 5.56 Å². The summed E-state index contributed by atoms with van der Waals surface area (Å²) in [6.45, 7) is 5.32. The van der Waals surface area contributed by atoms with Crippen molar-refractivity contribution in [2.75, 3.05) is 12.3 Å². The van der Waals surface area contributed by atoms with E-state index in [1.807, 2.05) is 6.07 Å². The highest BCUT2D eigenvalue weighted by Gasteiger charge is 2.17. The maximum atomic E-state index is 12.7. The fourth-order valence-corrected chi connectivity index (χ4v) is 3.16. The number of benzene rings is 1. The number of hydrogen-bond donors (Lipinski definition) is 2. The minimum Gasteiger partial charge on any atom is -0.500 e. The lowest BCUT2D eigenvalue weighted by molar-refractivity contribution is 0.293. The van der Waals surface area contributed by atoms with E-state index in [-0.39, 0.29) is 11.5 Å². The van der Waals surface area contributed by atoms with E-state index in [1.54, 1.807) is 16.7 Å². The first-order valence-corrected chi connectivity index (χ1v) is 9.87. The summed E-state index contributed by atoms with van der Waals surface area (Å²) < 4.78 is 7.36. The van der Waals surface area contributed by atoms with Crippen molar-refractivity contribution in [3.05, 3.63) is 28.6 Å². The Hall–Kier alpha value is -2.17. The van der Waals surface area contributed by atoms with Crippen LogP contribution in [0.2, 0.25) is 0 Å². The van der Waals surface area contributed by atoms with Gasteiger partial charge in [-0.05, 0) is 31.0 Å². The number of aromatic nitrogens is 1. The highest BCUT2D eigenvalue weighted by molar-refractivity contribution is 5.89. The number of pyridine rings is 1. The molecule has 5 nitrogen and oxygen atoms in total. The second-order valence-electron chi connectivity index (χ2n) is 6.88. The molecule has 2 rings (SSSR count). The number of aromatic hydroxyl groups is 1. The van der Waals surface area contributed by atoms with Gasteiger partial charge < -0.3 is 20.1 Å². The number of anilines is 1. The van der Waals surface area contributed by atoms with Crippen LogP contribution in [0.4, 0.5) is 5.69 Å². The molecule has 0 aliphatic rings. The summed E-state index contributed by atoms with van der Waals surface area (Å²) >= 11 is 0. The fraction of sp³-hybridized carbons (Fsp3) is 0.571. The Morgan fingerprint density at radius 2 is 1.73 bits per heavy atom. The topological polar surface area (TPSA) is 77.5 Å². The highest BCUT2D eigenvalue weighted by atomic mass is 16.5. The molecule has 0 unspecified atom stereocenters. The molecule has 2 aromatic rings. The van der Waals surface area contributed by atoms with E-state index in [0.29, 0.717) is 18.8 Å². The van der Waals surface area contributed by atoms with Gasteiger partial charge in [0, 0.05) is 17.6 Å². The van der Waals surface area contributed by atoms with Gasteiger partial charge in [-0.3, -0.25) is 4.79 Å². The Morgan fingerprint density at radius 3 is 2.46 bits per heavy atom. The second kappa shape index (κ2) is 10.1. The lowest BCUT2D eigenvalue weighted by atomic mass is 10.1. The average Bonchev–Trinajstić information content (AvgIpc) is 2.63. The molecule has 1 aromatic carbocycles. The number of nitrogens with two attached hydrogens (primary N) is 1. The summed E-state index contributed by atoms with van der Waals surface area (Å²) in [6, 6.07) is 5.39. The molecule has 144 valence electrons. The van der Waals surface area contributed by atoms with E-state index >= 15 is 0 Å². The van der Waals surface area contributed by atoms with Crippen LogP contribution in [-0.2, 0) is 6.54 Å². The lowest BCUT2D eigenvalue weighted by Crippen LogP contribution is -2.21. The molecular formula is C21H32N2O3. The van der Waals surface area contributed by atoms with Gasteiger partial charge in [0.25, 0.3) is 5.56 Å². The molecule has 0 aliphatic carbocycles. The zero-order valence-corrected chi connectivity index (χ0v) is 16.1. The normalized spacial score (nSPS) is 11.2. The minimum absolute atomic E-state index is 0.276. The largest absolute Gasteiger partial charge is 0.500 e. The van der Waals surface area contributed by atoms with E-state index in [1.165, 1.54) is 25.7 Å². The van der Waals surface area contributed by atoms with Crippen LogP contribution in [-0.4, -0.2) is 16.3 Å². The molecule has 0 fully saturated rings. The minimum atomic E-state index is -0.400. The summed E-state index contributed by atoms with van der Waals surface area (Å²) in [4.78, 5) is 12.7. The maximum Gasteiger partial charge on any atom is 0.297 e. The zero-order chi connectivity index (χ0) is 18.9. The van der Waals surface area contributed by atoms with E-state index in [9.17, 15) is 9.90 Å². The van der Waals surface area contributed by atoms with Crippen molar-refractivity contribution >= 4 is 16.6 Å². The molecular weight excluding hydrogens is 328 g/mol. The summed E-state index contributed by atoms with van der Waals surface area (Å²) in [5.41, 5.74) is 6.87. The lowest BCUT2D eigenvalue weighted by Gasteiger charge is -2.16. The van der Waals surface area contributed by atoms with Crippen LogP contribution < -0.4 is 16.0 Å². The second-order valence-corrected chi connectivity index (χ2v) is 6.88. The van der Waals surface area contributed by atoms with Gasteiger partial charge in [0.15, 0.2) is 5.75 Å². The predicted molar refractivity (Wildman–Crippen MR) is 108 cm³/mol. The molecule has 0 spiro atoms. The Labute approximate surface area is 155 Å². The van der Waals surface area contributed by atoms with Crippen molar-refractivity contribution in [3.63, 3.8) is 0 Å². The van der Waals surface area contributed by atoms with Gasteiger partial charge >= 0.3 is 0 Å². The van der Waals surface area contributed by atoms with E-state index in [2.05, 4.69) is 13.8 Å². The Bertz CT molecular complexity index is 768. The summed E-state index contributed by atoms with van der Waals surface area (Å²) in [7, 11) is 0. The third-order valence-electron chi connectivity index (χ3n) is 4.70. The highest BCUT2D eigenvalue weighted by Crippen LogP contribution is 2.33. The first kappa shape index (κ1) is 20.1.